The van der Waals surface area contributed by atoms with Crippen LogP contribution in [-0.4, -0.2) is 30.6 Å². The van der Waals surface area contributed by atoms with Gasteiger partial charge in [-0.2, -0.15) is 5.10 Å². The lowest BCUT2D eigenvalue weighted by molar-refractivity contribution is -0.118. The van der Waals surface area contributed by atoms with Gasteiger partial charge in [-0.25, -0.2) is 9.97 Å². The second-order valence-corrected chi connectivity index (χ2v) is 7.81. The lowest BCUT2D eigenvalue weighted by Crippen LogP contribution is -2.24. The molecule has 0 radical (unpaired) electrons. The summed E-state index contributed by atoms with van der Waals surface area (Å²) in [5.74, 6) is 1.02. The van der Waals surface area contributed by atoms with E-state index in [0.717, 1.165) is 10.4 Å². The Morgan fingerprint density at radius 1 is 1.27 bits per heavy atom. The normalized spacial score (nSPS) is 11.8. The Kier molecular flexibility index (Phi) is 5.68. The van der Waals surface area contributed by atoms with Gasteiger partial charge < -0.3 is 10.1 Å². The van der Waals surface area contributed by atoms with Crippen molar-refractivity contribution >= 4 is 35.1 Å². The van der Waals surface area contributed by atoms with Crippen molar-refractivity contribution in [3.05, 3.63) is 64.5 Å². The summed E-state index contributed by atoms with van der Waals surface area (Å²) in [5, 5.41) is 12.0. The van der Waals surface area contributed by atoms with Gasteiger partial charge in [-0.05, 0) is 67.3 Å². The minimum absolute atomic E-state index is 0.200. The summed E-state index contributed by atoms with van der Waals surface area (Å²) >= 11 is 6.89. The molecule has 0 saturated carbocycles. The highest BCUT2D eigenvalue weighted by Crippen LogP contribution is 2.28. The monoisotopic (exact) mass is 438 g/mol. The molecule has 0 fully saturated rings. The van der Waals surface area contributed by atoms with Gasteiger partial charge in [0.25, 0.3) is 0 Å². The number of aryl methyl sites for hydroxylation is 1. The zero-order chi connectivity index (χ0) is 21.1. The van der Waals surface area contributed by atoms with E-state index in [2.05, 4.69) is 25.5 Å². The van der Waals surface area contributed by atoms with Gasteiger partial charge in [-0.15, -0.1) is 11.3 Å². The summed E-state index contributed by atoms with van der Waals surface area (Å²) in [7, 11) is 0. The van der Waals surface area contributed by atoms with E-state index < -0.39 is 6.04 Å². The second kappa shape index (κ2) is 8.56. The van der Waals surface area contributed by atoms with E-state index in [0.29, 0.717) is 22.0 Å². The van der Waals surface area contributed by atoms with Crippen LogP contribution in [0, 0.1) is 11.7 Å². The number of carbonyl (C=O) groups is 1. The molecule has 1 aromatic carbocycles. The SMILES string of the molecule is Cc1cc(Oc2ncccn2)ccc1NC(=O)C(C)n1c(-c2cccs2)n[nH]c1=S. The topological polar surface area (TPSA) is 97.7 Å². The molecule has 0 saturated heterocycles. The second-order valence-electron chi connectivity index (χ2n) is 6.48. The molecule has 10 heteroatoms. The smallest absolute Gasteiger partial charge is 0.321 e. The number of thiophene rings is 1. The van der Waals surface area contributed by atoms with Gasteiger partial charge >= 0.3 is 6.01 Å². The van der Waals surface area contributed by atoms with Crippen molar-refractivity contribution in [2.45, 2.75) is 19.9 Å². The number of carbonyl (C=O) groups excluding carboxylic acids is 1. The molecule has 2 N–H and O–H groups in total. The van der Waals surface area contributed by atoms with E-state index in [-0.39, 0.29) is 11.9 Å². The molecule has 0 aliphatic rings. The van der Waals surface area contributed by atoms with E-state index in [1.54, 1.807) is 42.1 Å². The van der Waals surface area contributed by atoms with Crippen molar-refractivity contribution in [1.29, 1.82) is 0 Å². The first kappa shape index (κ1) is 19.9. The highest BCUT2D eigenvalue weighted by Gasteiger charge is 2.22. The van der Waals surface area contributed by atoms with Crippen LogP contribution in [-0.2, 0) is 4.79 Å². The molecule has 0 aliphatic heterocycles. The van der Waals surface area contributed by atoms with Crippen LogP contribution in [0.2, 0.25) is 0 Å². The number of anilines is 1. The first-order valence-electron chi connectivity index (χ1n) is 9.10. The number of ether oxygens (including phenoxy) is 1. The molecular weight excluding hydrogens is 420 g/mol. The zero-order valence-corrected chi connectivity index (χ0v) is 17.8. The third-order valence-corrected chi connectivity index (χ3v) is 5.57. The maximum absolute atomic E-state index is 12.9. The number of nitrogens with zero attached hydrogens (tertiary/aromatic N) is 4. The lowest BCUT2D eigenvalue weighted by atomic mass is 10.1. The fourth-order valence-electron chi connectivity index (χ4n) is 2.88. The maximum Gasteiger partial charge on any atom is 0.321 e. The van der Waals surface area contributed by atoms with Gasteiger partial charge in [-0.3, -0.25) is 14.5 Å². The van der Waals surface area contributed by atoms with Crippen LogP contribution in [0.25, 0.3) is 10.7 Å². The van der Waals surface area contributed by atoms with Crippen LogP contribution in [0.5, 0.6) is 11.8 Å². The van der Waals surface area contributed by atoms with Gasteiger partial charge in [0, 0.05) is 18.1 Å². The molecule has 1 amide bonds. The molecule has 30 heavy (non-hydrogen) atoms. The summed E-state index contributed by atoms with van der Waals surface area (Å²) in [5.41, 5.74) is 1.53. The van der Waals surface area contributed by atoms with E-state index in [4.69, 9.17) is 17.0 Å². The molecule has 0 spiro atoms. The first-order valence-corrected chi connectivity index (χ1v) is 10.4. The fourth-order valence-corrected chi connectivity index (χ4v) is 3.88. The quantitative estimate of drug-likeness (QED) is 0.421. The standard InChI is InChI=1S/C20H18N6O2S2/c1-12-11-14(28-19-21-8-4-9-22-19)6-7-15(12)23-18(27)13(2)26-17(24-25-20(26)29)16-5-3-10-30-16/h3-11,13H,1-2H3,(H,23,27)(H,25,29). The highest BCUT2D eigenvalue weighted by atomic mass is 32.1. The summed E-state index contributed by atoms with van der Waals surface area (Å²) in [4.78, 5) is 22.0. The fraction of sp³-hybridized carbons (Fsp3) is 0.150. The van der Waals surface area contributed by atoms with E-state index in [1.807, 2.05) is 30.5 Å². The summed E-state index contributed by atoms with van der Waals surface area (Å²) in [6.07, 6.45) is 3.22. The van der Waals surface area contributed by atoms with E-state index in [9.17, 15) is 4.79 Å². The van der Waals surface area contributed by atoms with Crippen molar-refractivity contribution in [3.8, 4) is 22.5 Å². The number of nitrogens with one attached hydrogen (secondary N) is 2. The Balaban J connectivity index is 1.52. The van der Waals surface area contributed by atoms with Crippen LogP contribution in [0.15, 0.2) is 54.2 Å². The Hall–Kier alpha value is -3.37. The Morgan fingerprint density at radius 3 is 2.77 bits per heavy atom. The van der Waals surface area contributed by atoms with Crippen molar-refractivity contribution in [3.63, 3.8) is 0 Å². The number of aromatic amines is 1. The molecule has 0 bridgehead atoms. The molecular formula is C20H18N6O2S2. The number of aromatic nitrogens is 5. The highest BCUT2D eigenvalue weighted by molar-refractivity contribution is 7.71. The van der Waals surface area contributed by atoms with E-state index >= 15 is 0 Å². The minimum atomic E-state index is -0.554. The average Bonchev–Trinajstić information content (AvgIpc) is 3.40. The predicted molar refractivity (Wildman–Crippen MR) is 117 cm³/mol. The molecule has 4 rings (SSSR count). The third kappa shape index (κ3) is 4.14. The van der Waals surface area contributed by atoms with Crippen molar-refractivity contribution in [2.24, 2.45) is 0 Å². The number of amides is 1. The van der Waals surface area contributed by atoms with Crippen LogP contribution < -0.4 is 10.1 Å². The molecule has 1 atom stereocenters. The molecule has 1 unspecified atom stereocenters. The first-order chi connectivity index (χ1) is 14.5. The summed E-state index contributed by atoms with van der Waals surface area (Å²) < 4.78 is 7.75. The van der Waals surface area contributed by atoms with Crippen LogP contribution in [0.4, 0.5) is 5.69 Å². The van der Waals surface area contributed by atoms with Crippen molar-refractivity contribution < 1.29 is 9.53 Å². The Morgan fingerprint density at radius 2 is 2.07 bits per heavy atom. The predicted octanol–water partition coefficient (Wildman–Crippen LogP) is 4.76. The van der Waals surface area contributed by atoms with Crippen LogP contribution in [0.1, 0.15) is 18.5 Å². The Bertz CT molecular complexity index is 1220. The van der Waals surface area contributed by atoms with Gasteiger partial charge in [0.05, 0.1) is 4.88 Å². The van der Waals surface area contributed by atoms with Gasteiger partial charge in [-0.1, -0.05) is 6.07 Å². The number of rotatable bonds is 6. The average molecular weight is 439 g/mol. The van der Waals surface area contributed by atoms with Crippen molar-refractivity contribution in [1.82, 2.24) is 24.7 Å². The van der Waals surface area contributed by atoms with Gasteiger partial charge in [0.2, 0.25) is 5.91 Å². The molecule has 3 aromatic heterocycles. The van der Waals surface area contributed by atoms with Gasteiger partial charge in [0.1, 0.15) is 11.8 Å². The van der Waals surface area contributed by atoms with E-state index in [1.165, 1.54) is 11.3 Å². The lowest BCUT2D eigenvalue weighted by Gasteiger charge is -2.16. The molecule has 0 aliphatic carbocycles. The molecule has 3 heterocycles. The number of benzene rings is 1. The maximum atomic E-state index is 12.9. The minimum Gasteiger partial charge on any atom is -0.424 e. The number of H-pyrrole nitrogens is 1. The van der Waals surface area contributed by atoms with Crippen molar-refractivity contribution in [2.75, 3.05) is 5.32 Å². The molecule has 8 nitrogen and oxygen atoms in total. The summed E-state index contributed by atoms with van der Waals surface area (Å²) in [6.45, 7) is 3.68. The van der Waals surface area contributed by atoms with Crippen LogP contribution in [0.3, 0.4) is 0 Å². The third-order valence-electron chi connectivity index (χ3n) is 4.42. The van der Waals surface area contributed by atoms with Gasteiger partial charge in [0.15, 0.2) is 10.6 Å². The largest absolute Gasteiger partial charge is 0.424 e. The molecule has 152 valence electrons. The zero-order valence-electron chi connectivity index (χ0n) is 16.2. The Labute approximate surface area is 181 Å². The summed E-state index contributed by atoms with van der Waals surface area (Å²) in [6, 6.07) is 10.7. The van der Waals surface area contributed by atoms with Crippen LogP contribution >= 0.6 is 23.6 Å². The number of hydrogen-bond donors (Lipinski definition) is 2. The molecule has 4 aromatic rings. The number of hydrogen-bond acceptors (Lipinski definition) is 7.